The van der Waals surface area contributed by atoms with Gasteiger partial charge in [0.1, 0.15) is 0 Å². The quantitative estimate of drug-likeness (QED) is 0.792. The lowest BCUT2D eigenvalue weighted by Gasteiger charge is -2.08. The first-order chi connectivity index (χ1) is 10.6. The number of rotatable bonds is 3. The lowest BCUT2D eigenvalue weighted by atomic mass is 10.1. The van der Waals surface area contributed by atoms with Crippen LogP contribution >= 0.6 is 23.2 Å². The van der Waals surface area contributed by atoms with Crippen molar-refractivity contribution in [1.29, 1.82) is 0 Å². The highest BCUT2D eigenvalue weighted by atomic mass is 35.5. The molecule has 2 aromatic heterocycles. The first-order valence-electron chi connectivity index (χ1n) is 6.55. The van der Waals surface area contributed by atoms with Crippen LogP contribution in [0, 0.1) is 0 Å². The smallest absolute Gasteiger partial charge is 0.251 e. The van der Waals surface area contributed by atoms with Crippen LogP contribution in [-0.4, -0.2) is 15.9 Å². The SMILES string of the molecule is O=C(NCc1cc(Cl)c2ncc(Cl)cc2c1)c1ccncc1. The molecule has 0 unspecified atom stereocenters. The maximum absolute atomic E-state index is 12.0. The molecule has 6 heteroatoms. The van der Waals surface area contributed by atoms with Crippen LogP contribution in [0.4, 0.5) is 0 Å². The van der Waals surface area contributed by atoms with E-state index in [2.05, 4.69) is 15.3 Å². The molecule has 1 aromatic carbocycles. The molecule has 22 heavy (non-hydrogen) atoms. The van der Waals surface area contributed by atoms with Gasteiger partial charge in [0.15, 0.2) is 0 Å². The largest absolute Gasteiger partial charge is 0.348 e. The van der Waals surface area contributed by atoms with Gasteiger partial charge in [-0.15, -0.1) is 0 Å². The number of nitrogens with one attached hydrogen (secondary N) is 1. The first kappa shape index (κ1) is 14.8. The number of aromatic nitrogens is 2. The Labute approximate surface area is 137 Å². The second kappa shape index (κ2) is 6.30. The van der Waals surface area contributed by atoms with Crippen LogP contribution in [-0.2, 0) is 6.54 Å². The Kier molecular flexibility index (Phi) is 4.22. The summed E-state index contributed by atoms with van der Waals surface area (Å²) in [5.41, 5.74) is 2.13. The second-order valence-electron chi connectivity index (χ2n) is 4.72. The van der Waals surface area contributed by atoms with E-state index >= 15 is 0 Å². The molecular formula is C16H11Cl2N3O. The van der Waals surface area contributed by atoms with E-state index in [1.165, 1.54) is 0 Å². The Morgan fingerprint density at radius 1 is 1.14 bits per heavy atom. The van der Waals surface area contributed by atoms with Crippen molar-refractivity contribution in [3.05, 3.63) is 70.1 Å². The molecular weight excluding hydrogens is 321 g/mol. The summed E-state index contributed by atoms with van der Waals surface area (Å²) in [4.78, 5) is 20.1. The van der Waals surface area contributed by atoms with Crippen molar-refractivity contribution in [3.8, 4) is 0 Å². The molecule has 3 aromatic rings. The molecule has 0 saturated carbocycles. The number of carbonyl (C=O) groups is 1. The molecule has 0 bridgehead atoms. The van der Waals surface area contributed by atoms with Gasteiger partial charge in [0.25, 0.3) is 5.91 Å². The summed E-state index contributed by atoms with van der Waals surface area (Å²) in [6, 6.07) is 8.81. The van der Waals surface area contributed by atoms with Crippen molar-refractivity contribution in [2.24, 2.45) is 0 Å². The molecule has 3 rings (SSSR count). The van der Waals surface area contributed by atoms with Crippen molar-refractivity contribution in [2.45, 2.75) is 6.54 Å². The van der Waals surface area contributed by atoms with Gasteiger partial charge < -0.3 is 5.32 Å². The monoisotopic (exact) mass is 331 g/mol. The zero-order chi connectivity index (χ0) is 15.5. The Morgan fingerprint density at radius 2 is 1.91 bits per heavy atom. The molecule has 1 amide bonds. The minimum absolute atomic E-state index is 0.164. The fraction of sp³-hybridized carbons (Fsp3) is 0.0625. The van der Waals surface area contributed by atoms with E-state index in [0.29, 0.717) is 27.7 Å². The number of nitrogens with zero attached hydrogens (tertiary/aromatic N) is 2. The van der Waals surface area contributed by atoms with Crippen molar-refractivity contribution < 1.29 is 4.79 Å². The third kappa shape index (κ3) is 3.18. The fourth-order valence-electron chi connectivity index (χ4n) is 2.13. The fourth-order valence-corrected chi connectivity index (χ4v) is 2.59. The molecule has 1 N–H and O–H groups in total. The summed E-state index contributed by atoms with van der Waals surface area (Å²) < 4.78 is 0. The molecule has 0 saturated heterocycles. The molecule has 0 spiro atoms. The first-order valence-corrected chi connectivity index (χ1v) is 7.31. The molecule has 110 valence electrons. The lowest BCUT2D eigenvalue weighted by molar-refractivity contribution is 0.0951. The van der Waals surface area contributed by atoms with Crippen molar-refractivity contribution in [3.63, 3.8) is 0 Å². The average molecular weight is 332 g/mol. The number of hydrogen-bond acceptors (Lipinski definition) is 3. The number of halogens is 2. The highest BCUT2D eigenvalue weighted by molar-refractivity contribution is 6.35. The van der Waals surface area contributed by atoms with Crippen LogP contribution < -0.4 is 5.32 Å². The summed E-state index contributed by atoms with van der Waals surface area (Å²) >= 11 is 12.2. The molecule has 0 aliphatic heterocycles. The van der Waals surface area contributed by atoms with Gasteiger partial charge in [-0.1, -0.05) is 23.2 Å². The van der Waals surface area contributed by atoms with Gasteiger partial charge in [0, 0.05) is 36.1 Å². The van der Waals surface area contributed by atoms with E-state index in [4.69, 9.17) is 23.2 Å². The van der Waals surface area contributed by atoms with Crippen molar-refractivity contribution in [1.82, 2.24) is 15.3 Å². The number of amides is 1. The molecule has 0 radical (unpaired) electrons. The van der Waals surface area contributed by atoms with Crippen molar-refractivity contribution in [2.75, 3.05) is 0 Å². The standard InChI is InChI=1S/C16H11Cl2N3O/c17-13-7-12-5-10(6-14(18)15(12)20-9-13)8-21-16(22)11-1-3-19-4-2-11/h1-7,9H,8H2,(H,21,22). The van der Waals surface area contributed by atoms with Gasteiger partial charge >= 0.3 is 0 Å². The molecule has 0 atom stereocenters. The summed E-state index contributed by atoms with van der Waals surface area (Å²) in [5, 5.41) is 4.76. The van der Waals surface area contributed by atoms with E-state index in [1.807, 2.05) is 6.07 Å². The lowest BCUT2D eigenvalue weighted by Crippen LogP contribution is -2.22. The second-order valence-corrected chi connectivity index (χ2v) is 5.57. The van der Waals surface area contributed by atoms with Crippen molar-refractivity contribution >= 4 is 40.0 Å². The van der Waals surface area contributed by atoms with Crippen LogP contribution in [0.2, 0.25) is 10.0 Å². The third-order valence-electron chi connectivity index (χ3n) is 3.16. The minimum Gasteiger partial charge on any atom is -0.348 e. The Balaban J connectivity index is 1.81. The zero-order valence-electron chi connectivity index (χ0n) is 11.4. The Hall–Kier alpha value is -2.17. The summed E-state index contributed by atoms with van der Waals surface area (Å²) in [7, 11) is 0. The molecule has 4 nitrogen and oxygen atoms in total. The molecule has 0 aliphatic rings. The normalized spacial score (nSPS) is 10.6. The number of pyridine rings is 2. The Bertz CT molecular complexity index is 837. The van der Waals surface area contributed by atoms with E-state index in [0.717, 1.165) is 10.9 Å². The van der Waals surface area contributed by atoms with Crippen LogP contribution in [0.25, 0.3) is 10.9 Å². The maximum atomic E-state index is 12.0. The van der Waals surface area contributed by atoms with Gasteiger partial charge in [-0.3, -0.25) is 14.8 Å². The Morgan fingerprint density at radius 3 is 2.68 bits per heavy atom. The highest BCUT2D eigenvalue weighted by Gasteiger charge is 2.07. The van der Waals surface area contributed by atoms with E-state index in [9.17, 15) is 4.79 Å². The molecule has 0 fully saturated rings. The summed E-state index contributed by atoms with van der Waals surface area (Å²) in [5.74, 6) is -0.164. The molecule has 0 aliphatic carbocycles. The topological polar surface area (TPSA) is 54.9 Å². The van der Waals surface area contributed by atoms with E-state index < -0.39 is 0 Å². The number of fused-ring (bicyclic) bond motifs is 1. The average Bonchev–Trinajstić information content (AvgIpc) is 2.53. The van der Waals surface area contributed by atoms with E-state index in [-0.39, 0.29) is 5.91 Å². The third-order valence-corrected chi connectivity index (χ3v) is 3.65. The maximum Gasteiger partial charge on any atom is 0.251 e. The van der Waals surface area contributed by atoms with E-state index in [1.54, 1.807) is 42.9 Å². The number of carbonyl (C=O) groups excluding carboxylic acids is 1. The van der Waals surface area contributed by atoms with Gasteiger partial charge in [-0.2, -0.15) is 0 Å². The predicted octanol–water partition coefficient (Wildman–Crippen LogP) is 3.87. The van der Waals surface area contributed by atoms with Gasteiger partial charge in [-0.05, 0) is 35.9 Å². The zero-order valence-corrected chi connectivity index (χ0v) is 12.9. The van der Waals surface area contributed by atoms with Crippen LogP contribution in [0.3, 0.4) is 0 Å². The number of benzene rings is 1. The van der Waals surface area contributed by atoms with Crippen LogP contribution in [0.15, 0.2) is 48.9 Å². The van der Waals surface area contributed by atoms with Gasteiger partial charge in [-0.25, -0.2) is 0 Å². The highest BCUT2D eigenvalue weighted by Crippen LogP contribution is 2.25. The molecule has 2 heterocycles. The van der Waals surface area contributed by atoms with Gasteiger partial charge in [0.2, 0.25) is 0 Å². The van der Waals surface area contributed by atoms with Crippen LogP contribution in [0.5, 0.6) is 0 Å². The minimum atomic E-state index is -0.164. The summed E-state index contributed by atoms with van der Waals surface area (Å²) in [6.07, 6.45) is 4.71. The van der Waals surface area contributed by atoms with Gasteiger partial charge in [0.05, 0.1) is 15.6 Å². The summed E-state index contributed by atoms with van der Waals surface area (Å²) in [6.45, 7) is 0.364. The van der Waals surface area contributed by atoms with Crippen LogP contribution in [0.1, 0.15) is 15.9 Å². The predicted molar refractivity (Wildman–Crippen MR) is 87.2 cm³/mol. The number of hydrogen-bond donors (Lipinski definition) is 1.